The van der Waals surface area contributed by atoms with Gasteiger partial charge in [-0.1, -0.05) is 36.4 Å². The van der Waals surface area contributed by atoms with E-state index < -0.39 is 28.4 Å². The third-order valence-electron chi connectivity index (χ3n) is 4.72. The van der Waals surface area contributed by atoms with Crippen molar-refractivity contribution < 1.29 is 27.5 Å². The summed E-state index contributed by atoms with van der Waals surface area (Å²) in [6.07, 6.45) is 1.03. The van der Waals surface area contributed by atoms with E-state index in [0.717, 1.165) is 16.1 Å². The smallest absolute Gasteiger partial charge is 0.338 e. The van der Waals surface area contributed by atoms with Crippen molar-refractivity contribution in [3.05, 3.63) is 90.0 Å². The predicted octanol–water partition coefficient (Wildman–Crippen LogP) is 3.85. The summed E-state index contributed by atoms with van der Waals surface area (Å²) in [4.78, 5) is 24.5. The highest BCUT2D eigenvalue weighted by atomic mass is 32.2. The van der Waals surface area contributed by atoms with Crippen molar-refractivity contribution in [1.29, 1.82) is 0 Å². The van der Waals surface area contributed by atoms with Crippen LogP contribution in [0, 0.1) is 0 Å². The third-order valence-corrected chi connectivity index (χ3v) is 5.86. The molecule has 0 aromatic heterocycles. The van der Waals surface area contributed by atoms with Gasteiger partial charge in [-0.2, -0.15) is 0 Å². The van der Waals surface area contributed by atoms with Crippen molar-refractivity contribution in [2.24, 2.45) is 0 Å². The first kappa shape index (κ1) is 24.8. The van der Waals surface area contributed by atoms with E-state index in [0.29, 0.717) is 23.7 Å². The molecule has 0 aliphatic carbocycles. The zero-order valence-electron chi connectivity index (χ0n) is 18.9. The lowest BCUT2D eigenvalue weighted by atomic mass is 10.2. The summed E-state index contributed by atoms with van der Waals surface area (Å²) in [5, 5.41) is 2.62. The van der Waals surface area contributed by atoms with Gasteiger partial charge < -0.3 is 14.8 Å². The first-order chi connectivity index (χ1) is 16.3. The van der Waals surface area contributed by atoms with Gasteiger partial charge in [-0.3, -0.25) is 9.10 Å². The number of nitrogens with one attached hydrogen (secondary N) is 1. The second-order valence-corrected chi connectivity index (χ2v) is 9.29. The molecule has 0 spiro atoms. The molecule has 34 heavy (non-hydrogen) atoms. The van der Waals surface area contributed by atoms with E-state index in [-0.39, 0.29) is 12.2 Å². The number of sulfonamides is 1. The van der Waals surface area contributed by atoms with Gasteiger partial charge in [0.2, 0.25) is 15.9 Å². The van der Waals surface area contributed by atoms with Crippen molar-refractivity contribution in [1.82, 2.24) is 0 Å². The summed E-state index contributed by atoms with van der Waals surface area (Å²) in [5.41, 5.74) is 1.97. The lowest BCUT2D eigenvalue weighted by Gasteiger charge is -2.22. The number of hydrogen-bond acceptors (Lipinski definition) is 6. The molecule has 0 atom stereocenters. The molecule has 0 aliphatic rings. The normalized spacial score (nSPS) is 10.9. The van der Waals surface area contributed by atoms with Gasteiger partial charge >= 0.3 is 5.97 Å². The minimum absolute atomic E-state index is 0.231. The Bertz CT molecular complexity index is 1230. The topological polar surface area (TPSA) is 102 Å². The minimum atomic E-state index is -3.74. The highest BCUT2D eigenvalue weighted by Gasteiger charge is 2.21. The Labute approximate surface area is 199 Å². The number of carbonyl (C=O) groups is 2. The SMILES string of the molecule is CCOC(=O)c1cccc(NC(=O)CN(c2ccc(OCc3ccccc3)cc2)S(C)(=O)=O)c1. The molecule has 0 fully saturated rings. The summed E-state index contributed by atoms with van der Waals surface area (Å²) >= 11 is 0. The van der Waals surface area contributed by atoms with Gasteiger partial charge in [0, 0.05) is 5.69 Å². The molecule has 0 unspecified atom stereocenters. The Morgan fingerprint density at radius 1 is 0.941 bits per heavy atom. The number of benzene rings is 3. The zero-order chi connectivity index (χ0) is 24.6. The standard InChI is InChI=1S/C25H26N2O6S/c1-3-32-25(29)20-10-7-11-21(16-20)26-24(28)17-27(34(2,30)31)22-12-14-23(15-13-22)33-18-19-8-5-4-6-9-19/h4-16H,3,17-18H2,1-2H3,(H,26,28). The van der Waals surface area contributed by atoms with Gasteiger partial charge in [-0.25, -0.2) is 13.2 Å². The summed E-state index contributed by atoms with van der Waals surface area (Å²) in [6.45, 7) is 1.87. The van der Waals surface area contributed by atoms with Crippen LogP contribution in [0.15, 0.2) is 78.9 Å². The monoisotopic (exact) mass is 482 g/mol. The van der Waals surface area contributed by atoms with Gasteiger partial charge in [0.1, 0.15) is 18.9 Å². The largest absolute Gasteiger partial charge is 0.489 e. The van der Waals surface area contributed by atoms with Gasteiger partial charge in [0.05, 0.1) is 24.1 Å². The van der Waals surface area contributed by atoms with Crippen LogP contribution in [0.25, 0.3) is 0 Å². The maximum atomic E-state index is 12.6. The fourth-order valence-electron chi connectivity index (χ4n) is 3.12. The molecular formula is C25H26N2O6S. The van der Waals surface area contributed by atoms with Crippen LogP contribution in [0.3, 0.4) is 0 Å². The highest BCUT2D eigenvalue weighted by molar-refractivity contribution is 7.92. The Morgan fingerprint density at radius 3 is 2.29 bits per heavy atom. The Kier molecular flexibility index (Phi) is 8.26. The number of hydrogen-bond donors (Lipinski definition) is 1. The molecule has 1 amide bonds. The molecule has 0 heterocycles. The molecule has 0 saturated heterocycles. The lowest BCUT2D eigenvalue weighted by molar-refractivity contribution is -0.114. The second kappa shape index (κ2) is 11.3. The number of ether oxygens (including phenoxy) is 2. The summed E-state index contributed by atoms with van der Waals surface area (Å²) in [5.74, 6) is -0.497. The lowest BCUT2D eigenvalue weighted by Crippen LogP contribution is -2.37. The van der Waals surface area contributed by atoms with Crippen LogP contribution in [0.2, 0.25) is 0 Å². The van der Waals surface area contributed by atoms with Crippen LogP contribution in [0.4, 0.5) is 11.4 Å². The van der Waals surface area contributed by atoms with E-state index in [2.05, 4.69) is 5.32 Å². The van der Waals surface area contributed by atoms with Crippen molar-refractivity contribution in [3.8, 4) is 5.75 Å². The van der Waals surface area contributed by atoms with Crippen LogP contribution in [-0.2, 0) is 26.2 Å². The number of carbonyl (C=O) groups excluding carboxylic acids is 2. The zero-order valence-corrected chi connectivity index (χ0v) is 19.7. The van der Waals surface area contributed by atoms with E-state index in [9.17, 15) is 18.0 Å². The first-order valence-electron chi connectivity index (χ1n) is 10.6. The molecule has 3 aromatic rings. The molecule has 3 rings (SSSR count). The molecule has 1 N–H and O–H groups in total. The summed E-state index contributed by atoms with van der Waals surface area (Å²) in [6, 6.07) is 22.4. The third kappa shape index (κ3) is 7.08. The fourth-order valence-corrected chi connectivity index (χ4v) is 3.98. The van der Waals surface area contributed by atoms with Crippen molar-refractivity contribution >= 4 is 33.3 Å². The van der Waals surface area contributed by atoms with E-state index >= 15 is 0 Å². The summed E-state index contributed by atoms with van der Waals surface area (Å²) < 4.78 is 36.5. The summed E-state index contributed by atoms with van der Waals surface area (Å²) in [7, 11) is -3.74. The number of nitrogens with zero attached hydrogens (tertiary/aromatic N) is 1. The second-order valence-electron chi connectivity index (χ2n) is 7.39. The fraction of sp³-hybridized carbons (Fsp3) is 0.200. The average molecular weight is 483 g/mol. The number of anilines is 2. The first-order valence-corrected chi connectivity index (χ1v) is 12.4. The minimum Gasteiger partial charge on any atom is -0.489 e. The van der Waals surface area contributed by atoms with E-state index in [1.807, 2.05) is 30.3 Å². The molecule has 0 aliphatic heterocycles. The Morgan fingerprint density at radius 2 is 1.65 bits per heavy atom. The highest BCUT2D eigenvalue weighted by Crippen LogP contribution is 2.22. The van der Waals surface area contributed by atoms with Crippen LogP contribution in [-0.4, -0.2) is 39.7 Å². The molecule has 0 bridgehead atoms. The van der Waals surface area contributed by atoms with Crippen LogP contribution >= 0.6 is 0 Å². The molecular weight excluding hydrogens is 456 g/mol. The molecule has 0 saturated carbocycles. The van der Waals surface area contributed by atoms with Crippen molar-refractivity contribution in [3.63, 3.8) is 0 Å². The molecule has 3 aromatic carbocycles. The molecule has 9 heteroatoms. The number of esters is 1. The van der Waals surface area contributed by atoms with Gasteiger partial charge in [0.25, 0.3) is 0 Å². The van der Waals surface area contributed by atoms with Gasteiger partial charge in [-0.15, -0.1) is 0 Å². The van der Waals surface area contributed by atoms with Crippen LogP contribution in [0.1, 0.15) is 22.8 Å². The predicted molar refractivity (Wildman–Crippen MR) is 130 cm³/mol. The molecule has 8 nitrogen and oxygen atoms in total. The van der Waals surface area contributed by atoms with Gasteiger partial charge in [-0.05, 0) is 55.0 Å². The van der Waals surface area contributed by atoms with E-state index in [1.165, 1.54) is 6.07 Å². The van der Waals surface area contributed by atoms with Gasteiger partial charge in [0.15, 0.2) is 0 Å². The quantitative estimate of drug-likeness (QED) is 0.441. The number of rotatable bonds is 10. The maximum absolute atomic E-state index is 12.6. The molecule has 0 radical (unpaired) electrons. The Balaban J connectivity index is 1.67. The van der Waals surface area contributed by atoms with E-state index in [4.69, 9.17) is 9.47 Å². The molecule has 178 valence electrons. The van der Waals surface area contributed by atoms with Crippen molar-refractivity contribution in [2.45, 2.75) is 13.5 Å². The average Bonchev–Trinajstić information content (AvgIpc) is 2.82. The van der Waals surface area contributed by atoms with Crippen LogP contribution in [0.5, 0.6) is 5.75 Å². The van der Waals surface area contributed by atoms with Crippen molar-refractivity contribution in [2.75, 3.05) is 29.0 Å². The van der Waals surface area contributed by atoms with E-state index in [1.54, 1.807) is 49.4 Å². The maximum Gasteiger partial charge on any atom is 0.338 e. The number of amides is 1. The van der Waals surface area contributed by atoms with Crippen LogP contribution < -0.4 is 14.4 Å². The Hall–Kier alpha value is -3.85.